The number of likely N-dealkylation sites (tertiary alicyclic amines) is 1. The van der Waals surface area contributed by atoms with Crippen LogP contribution in [0.15, 0.2) is 23.6 Å². The van der Waals surface area contributed by atoms with Crippen LogP contribution in [0.2, 0.25) is 0 Å². The van der Waals surface area contributed by atoms with E-state index in [1.807, 2.05) is 24.4 Å². The largest absolute Gasteiger partial charge is 0.481 e. The van der Waals surface area contributed by atoms with Crippen molar-refractivity contribution < 1.29 is 14.7 Å². The molecule has 1 atom stereocenters. The zero-order valence-corrected chi connectivity index (χ0v) is 12.4. The molecule has 4 nitrogen and oxygen atoms in total. The molecule has 5 heteroatoms. The summed E-state index contributed by atoms with van der Waals surface area (Å²) in [5.74, 6) is -0.880. The molecule has 20 heavy (non-hydrogen) atoms. The number of thiophene rings is 1. The Labute approximate surface area is 122 Å². The van der Waals surface area contributed by atoms with Crippen LogP contribution in [0.25, 0.3) is 6.08 Å². The number of aliphatic carboxylic acids is 1. The van der Waals surface area contributed by atoms with Gasteiger partial charge in [0.15, 0.2) is 0 Å². The summed E-state index contributed by atoms with van der Waals surface area (Å²) < 4.78 is 0. The summed E-state index contributed by atoms with van der Waals surface area (Å²) in [5, 5.41) is 11.4. The minimum Gasteiger partial charge on any atom is -0.481 e. The van der Waals surface area contributed by atoms with Crippen molar-refractivity contribution >= 4 is 29.3 Å². The van der Waals surface area contributed by atoms with Crippen LogP contribution in [-0.2, 0) is 9.59 Å². The second kappa shape index (κ2) is 6.22. The Morgan fingerprint density at radius 2 is 2.35 bits per heavy atom. The molecule has 1 N–H and O–H groups in total. The highest BCUT2D eigenvalue weighted by Gasteiger charge is 2.44. The van der Waals surface area contributed by atoms with E-state index in [0.717, 1.165) is 11.3 Å². The predicted octanol–water partition coefficient (Wildman–Crippen LogP) is 2.86. The van der Waals surface area contributed by atoms with Gasteiger partial charge < -0.3 is 10.0 Å². The van der Waals surface area contributed by atoms with Crippen LogP contribution in [0.3, 0.4) is 0 Å². The van der Waals surface area contributed by atoms with E-state index in [2.05, 4.69) is 0 Å². The van der Waals surface area contributed by atoms with Crippen LogP contribution >= 0.6 is 11.3 Å². The maximum Gasteiger partial charge on any atom is 0.311 e. The summed E-state index contributed by atoms with van der Waals surface area (Å²) in [5.41, 5.74) is -0.749. The summed E-state index contributed by atoms with van der Waals surface area (Å²) >= 11 is 1.57. The van der Waals surface area contributed by atoms with Crippen molar-refractivity contribution in [1.29, 1.82) is 0 Å². The molecule has 1 unspecified atom stereocenters. The van der Waals surface area contributed by atoms with Gasteiger partial charge in [0.05, 0.1) is 5.41 Å². The zero-order valence-electron chi connectivity index (χ0n) is 11.5. The van der Waals surface area contributed by atoms with Crippen molar-refractivity contribution in [3.8, 4) is 0 Å². The number of carboxylic acids is 1. The van der Waals surface area contributed by atoms with Gasteiger partial charge in [-0.2, -0.15) is 0 Å². The minimum atomic E-state index is -0.781. The first-order valence-electron chi connectivity index (χ1n) is 6.81. The Morgan fingerprint density at radius 3 is 2.95 bits per heavy atom. The fourth-order valence-electron chi connectivity index (χ4n) is 2.67. The van der Waals surface area contributed by atoms with Crippen LogP contribution in [-0.4, -0.2) is 35.0 Å². The molecule has 2 heterocycles. The molecule has 0 saturated carbocycles. The SMILES string of the molecule is CCCC1(C(=O)O)CCN(C(=O)C=Cc2cccs2)C1. The van der Waals surface area contributed by atoms with Crippen LogP contribution in [0, 0.1) is 5.41 Å². The van der Waals surface area contributed by atoms with Crippen LogP contribution in [0.5, 0.6) is 0 Å². The molecule has 1 amide bonds. The van der Waals surface area contributed by atoms with Gasteiger partial charge in [-0.15, -0.1) is 11.3 Å². The first-order valence-corrected chi connectivity index (χ1v) is 7.69. The van der Waals surface area contributed by atoms with Gasteiger partial charge in [0, 0.05) is 24.0 Å². The zero-order chi connectivity index (χ0) is 14.6. The van der Waals surface area contributed by atoms with Gasteiger partial charge in [0.1, 0.15) is 0 Å². The van der Waals surface area contributed by atoms with Crippen molar-refractivity contribution in [3.05, 3.63) is 28.5 Å². The Morgan fingerprint density at radius 1 is 1.55 bits per heavy atom. The Bertz CT molecular complexity index is 509. The average Bonchev–Trinajstić information content (AvgIpc) is 3.06. The van der Waals surface area contributed by atoms with Crippen LogP contribution in [0.4, 0.5) is 0 Å². The topological polar surface area (TPSA) is 57.6 Å². The maximum atomic E-state index is 12.1. The van der Waals surface area contributed by atoms with E-state index in [-0.39, 0.29) is 5.91 Å². The minimum absolute atomic E-state index is 0.0994. The van der Waals surface area contributed by atoms with E-state index in [1.165, 1.54) is 6.08 Å². The molecule has 1 fully saturated rings. The number of carbonyl (C=O) groups excluding carboxylic acids is 1. The smallest absolute Gasteiger partial charge is 0.311 e. The van der Waals surface area contributed by atoms with E-state index < -0.39 is 11.4 Å². The predicted molar refractivity (Wildman–Crippen MR) is 79.5 cm³/mol. The van der Waals surface area contributed by atoms with Crippen LogP contribution < -0.4 is 0 Å². The Balaban J connectivity index is 2.01. The van der Waals surface area contributed by atoms with Crippen molar-refractivity contribution in [2.24, 2.45) is 5.41 Å². The second-order valence-electron chi connectivity index (χ2n) is 5.19. The van der Waals surface area contributed by atoms with E-state index in [1.54, 1.807) is 22.3 Å². The first-order chi connectivity index (χ1) is 9.57. The molecule has 1 aliphatic rings. The second-order valence-corrected chi connectivity index (χ2v) is 6.17. The van der Waals surface area contributed by atoms with Crippen LogP contribution in [0.1, 0.15) is 31.1 Å². The molecular formula is C15H19NO3S. The molecule has 0 aromatic carbocycles. The number of hydrogen-bond donors (Lipinski definition) is 1. The summed E-state index contributed by atoms with van der Waals surface area (Å²) in [6.45, 7) is 2.83. The molecule has 2 rings (SSSR count). The highest BCUT2D eigenvalue weighted by molar-refractivity contribution is 7.10. The van der Waals surface area contributed by atoms with E-state index in [4.69, 9.17) is 0 Å². The molecule has 0 spiro atoms. The number of amides is 1. The summed E-state index contributed by atoms with van der Waals surface area (Å²) in [6, 6.07) is 3.87. The first kappa shape index (κ1) is 14.8. The Hall–Kier alpha value is -1.62. The molecule has 1 aromatic heterocycles. The van der Waals surface area contributed by atoms with Crippen molar-refractivity contribution in [2.45, 2.75) is 26.2 Å². The third kappa shape index (κ3) is 3.10. The fourth-order valence-corrected chi connectivity index (χ4v) is 3.29. The number of rotatable bonds is 5. The van der Waals surface area contributed by atoms with Gasteiger partial charge in [0.25, 0.3) is 0 Å². The Kier molecular flexibility index (Phi) is 4.60. The molecule has 0 bridgehead atoms. The van der Waals surface area contributed by atoms with Crippen molar-refractivity contribution in [2.75, 3.05) is 13.1 Å². The third-order valence-electron chi connectivity index (χ3n) is 3.78. The number of nitrogens with zero attached hydrogens (tertiary/aromatic N) is 1. The van der Waals surface area contributed by atoms with Gasteiger partial charge in [-0.05, 0) is 30.4 Å². The lowest BCUT2D eigenvalue weighted by atomic mass is 9.83. The normalized spacial score (nSPS) is 22.6. The quantitative estimate of drug-likeness (QED) is 0.849. The summed E-state index contributed by atoms with van der Waals surface area (Å²) in [6.07, 6.45) is 5.32. The molecule has 108 valence electrons. The maximum absolute atomic E-state index is 12.1. The van der Waals surface area contributed by atoms with Gasteiger partial charge >= 0.3 is 5.97 Å². The van der Waals surface area contributed by atoms with Gasteiger partial charge in [0.2, 0.25) is 5.91 Å². The van der Waals surface area contributed by atoms with Gasteiger partial charge in [-0.25, -0.2) is 0 Å². The number of hydrogen-bond acceptors (Lipinski definition) is 3. The average molecular weight is 293 g/mol. The molecular weight excluding hydrogens is 274 g/mol. The van der Waals surface area contributed by atoms with Crippen molar-refractivity contribution in [3.63, 3.8) is 0 Å². The monoisotopic (exact) mass is 293 g/mol. The van der Waals surface area contributed by atoms with E-state index in [0.29, 0.717) is 25.9 Å². The lowest BCUT2D eigenvalue weighted by Crippen LogP contribution is -2.36. The fraction of sp³-hybridized carbons (Fsp3) is 0.467. The highest BCUT2D eigenvalue weighted by atomic mass is 32.1. The molecule has 0 radical (unpaired) electrons. The summed E-state index contributed by atoms with van der Waals surface area (Å²) in [4.78, 5) is 26.2. The lowest BCUT2D eigenvalue weighted by Gasteiger charge is -2.23. The molecule has 1 aliphatic heterocycles. The molecule has 1 saturated heterocycles. The lowest BCUT2D eigenvalue weighted by molar-refractivity contribution is -0.148. The van der Waals surface area contributed by atoms with E-state index in [9.17, 15) is 14.7 Å². The number of carbonyl (C=O) groups is 2. The standard InChI is InChI=1S/C15H19NO3S/c1-2-7-15(14(18)19)8-9-16(11-15)13(17)6-5-12-4-3-10-20-12/h3-6,10H,2,7-9,11H2,1H3,(H,18,19). The summed E-state index contributed by atoms with van der Waals surface area (Å²) in [7, 11) is 0. The third-order valence-corrected chi connectivity index (χ3v) is 4.62. The van der Waals surface area contributed by atoms with Gasteiger partial charge in [-0.1, -0.05) is 19.4 Å². The van der Waals surface area contributed by atoms with E-state index >= 15 is 0 Å². The molecule has 1 aromatic rings. The highest BCUT2D eigenvalue weighted by Crippen LogP contribution is 2.35. The van der Waals surface area contributed by atoms with Crippen molar-refractivity contribution in [1.82, 2.24) is 4.90 Å². The number of carboxylic acid groups (broad SMARTS) is 1. The molecule has 0 aliphatic carbocycles. The van der Waals surface area contributed by atoms with Gasteiger partial charge in [-0.3, -0.25) is 9.59 Å².